The number of nitrogens with zero attached hydrogens (tertiary/aromatic N) is 4. The van der Waals surface area contributed by atoms with E-state index in [2.05, 4.69) is 20.5 Å². The van der Waals surface area contributed by atoms with Gasteiger partial charge in [-0.2, -0.15) is 5.26 Å². The highest BCUT2D eigenvalue weighted by atomic mass is 19.1. The highest BCUT2D eigenvalue weighted by Gasteiger charge is 2.22. The van der Waals surface area contributed by atoms with E-state index in [1.807, 2.05) is 13.0 Å². The lowest BCUT2D eigenvalue weighted by Crippen LogP contribution is -2.50. The van der Waals surface area contributed by atoms with Gasteiger partial charge in [0.05, 0.1) is 24.7 Å². The van der Waals surface area contributed by atoms with Crippen molar-refractivity contribution in [3.63, 3.8) is 0 Å². The van der Waals surface area contributed by atoms with Crippen molar-refractivity contribution in [1.82, 2.24) is 20.4 Å². The van der Waals surface area contributed by atoms with Crippen LogP contribution in [0.5, 0.6) is 0 Å². The monoisotopic (exact) mass is 388 g/mol. The third-order valence-electron chi connectivity index (χ3n) is 4.71. The summed E-state index contributed by atoms with van der Waals surface area (Å²) in [6, 6.07) is 6.56. The molecular formula is C20H29FN6O. The molecule has 1 fully saturated rings. The van der Waals surface area contributed by atoms with E-state index in [-0.39, 0.29) is 24.3 Å². The summed E-state index contributed by atoms with van der Waals surface area (Å²) in [6.07, 6.45) is 1.81. The Morgan fingerprint density at radius 2 is 2.11 bits per heavy atom. The number of halogens is 1. The second kappa shape index (κ2) is 10.6. The third kappa shape index (κ3) is 6.50. The Hall–Kier alpha value is -2.66. The Bertz CT molecular complexity index is 735. The molecule has 1 aliphatic heterocycles. The van der Waals surface area contributed by atoms with E-state index in [1.165, 1.54) is 18.2 Å². The van der Waals surface area contributed by atoms with Gasteiger partial charge in [-0.1, -0.05) is 0 Å². The molecule has 0 radical (unpaired) electrons. The quantitative estimate of drug-likeness (QED) is 0.567. The smallest absolute Gasteiger partial charge is 0.236 e. The first-order valence-electron chi connectivity index (χ1n) is 9.58. The van der Waals surface area contributed by atoms with Crippen LogP contribution in [0.1, 0.15) is 30.9 Å². The number of carbonyl (C=O) groups excluding carboxylic acids is 1. The molecule has 1 aromatic rings. The molecule has 0 aliphatic carbocycles. The number of nitrogens with one attached hydrogen (secondary N) is 2. The zero-order valence-corrected chi connectivity index (χ0v) is 16.8. The van der Waals surface area contributed by atoms with Gasteiger partial charge in [0.25, 0.3) is 0 Å². The van der Waals surface area contributed by atoms with Crippen LogP contribution in [0.2, 0.25) is 0 Å². The third-order valence-corrected chi connectivity index (χ3v) is 4.71. The van der Waals surface area contributed by atoms with Crippen molar-refractivity contribution in [3.8, 4) is 6.07 Å². The first-order valence-corrected chi connectivity index (χ1v) is 9.58. The molecule has 28 heavy (non-hydrogen) atoms. The van der Waals surface area contributed by atoms with Crippen LogP contribution < -0.4 is 10.6 Å². The summed E-state index contributed by atoms with van der Waals surface area (Å²) in [6.45, 7) is 4.96. The Balaban J connectivity index is 1.92. The number of nitriles is 1. The fourth-order valence-electron chi connectivity index (χ4n) is 3.01. The molecule has 2 rings (SSSR count). The molecule has 0 spiro atoms. The van der Waals surface area contributed by atoms with Crippen molar-refractivity contribution in [3.05, 3.63) is 35.1 Å². The number of piperidine rings is 1. The van der Waals surface area contributed by atoms with Crippen LogP contribution in [0, 0.1) is 17.1 Å². The fraction of sp³-hybridized carbons (Fsp3) is 0.550. The van der Waals surface area contributed by atoms with Crippen molar-refractivity contribution in [2.24, 2.45) is 4.99 Å². The number of amides is 1. The number of aliphatic imine (C=N–C) groups is 1. The van der Waals surface area contributed by atoms with Crippen LogP contribution in [0.25, 0.3) is 0 Å². The van der Waals surface area contributed by atoms with Crippen molar-refractivity contribution < 1.29 is 9.18 Å². The topological polar surface area (TPSA) is 83.8 Å². The molecule has 1 heterocycles. The maximum absolute atomic E-state index is 13.9. The molecule has 1 aromatic carbocycles. The van der Waals surface area contributed by atoms with Gasteiger partial charge in [-0.15, -0.1) is 0 Å². The van der Waals surface area contributed by atoms with Gasteiger partial charge < -0.3 is 15.5 Å². The summed E-state index contributed by atoms with van der Waals surface area (Å²) in [5.74, 6) is 0.382. The minimum absolute atomic E-state index is 0.114. The normalized spacial score (nSPS) is 15.8. The molecule has 1 aliphatic rings. The van der Waals surface area contributed by atoms with E-state index in [4.69, 9.17) is 5.26 Å². The molecule has 0 aromatic heterocycles. The molecule has 152 valence electrons. The molecule has 8 heteroatoms. The first-order chi connectivity index (χ1) is 13.4. The van der Waals surface area contributed by atoms with Gasteiger partial charge in [0.15, 0.2) is 5.96 Å². The Morgan fingerprint density at radius 3 is 2.71 bits per heavy atom. The molecule has 0 unspecified atom stereocenters. The largest absolute Gasteiger partial charge is 0.357 e. The van der Waals surface area contributed by atoms with Crippen LogP contribution in [-0.4, -0.2) is 68.0 Å². The number of likely N-dealkylation sites (tertiary alicyclic amines) is 1. The first kappa shape index (κ1) is 21.6. The average molecular weight is 388 g/mol. The van der Waals surface area contributed by atoms with E-state index < -0.39 is 0 Å². The number of guanidine groups is 1. The number of rotatable bonds is 6. The maximum atomic E-state index is 13.9. The van der Waals surface area contributed by atoms with Crippen molar-refractivity contribution in [2.75, 3.05) is 40.3 Å². The molecule has 1 saturated heterocycles. The number of likely N-dealkylation sites (N-methyl/N-ethyl adjacent to an activating group) is 1. The van der Waals surface area contributed by atoms with E-state index >= 15 is 0 Å². The predicted octanol–water partition coefficient (Wildman–Crippen LogP) is 1.31. The van der Waals surface area contributed by atoms with Gasteiger partial charge in [0.2, 0.25) is 5.91 Å². The zero-order chi connectivity index (χ0) is 20.5. The zero-order valence-electron chi connectivity index (χ0n) is 16.8. The van der Waals surface area contributed by atoms with Crippen LogP contribution in [0.4, 0.5) is 4.39 Å². The van der Waals surface area contributed by atoms with Crippen LogP contribution in [0.3, 0.4) is 0 Å². The van der Waals surface area contributed by atoms with Crippen LogP contribution >= 0.6 is 0 Å². The van der Waals surface area contributed by atoms with E-state index in [1.54, 1.807) is 19.0 Å². The van der Waals surface area contributed by atoms with Gasteiger partial charge in [0, 0.05) is 45.3 Å². The molecule has 1 amide bonds. The maximum Gasteiger partial charge on any atom is 0.236 e. The summed E-state index contributed by atoms with van der Waals surface area (Å²) in [5, 5.41) is 15.6. The fourth-order valence-corrected chi connectivity index (χ4v) is 3.01. The van der Waals surface area contributed by atoms with Gasteiger partial charge in [0.1, 0.15) is 5.82 Å². The summed E-state index contributed by atoms with van der Waals surface area (Å²) in [7, 11) is 3.54. The van der Waals surface area contributed by atoms with Crippen molar-refractivity contribution in [2.45, 2.75) is 32.4 Å². The molecule has 2 N–H and O–H groups in total. The second-order valence-electron chi connectivity index (χ2n) is 7.10. The van der Waals surface area contributed by atoms with Crippen LogP contribution in [0.15, 0.2) is 23.2 Å². The molecule has 7 nitrogen and oxygen atoms in total. The lowest BCUT2D eigenvalue weighted by molar-refractivity contribution is -0.130. The minimum atomic E-state index is -0.363. The average Bonchev–Trinajstić information content (AvgIpc) is 2.68. The van der Waals surface area contributed by atoms with Crippen molar-refractivity contribution in [1.29, 1.82) is 5.26 Å². The highest BCUT2D eigenvalue weighted by Crippen LogP contribution is 2.12. The molecule has 0 saturated carbocycles. The summed E-state index contributed by atoms with van der Waals surface area (Å²) >= 11 is 0. The predicted molar refractivity (Wildman–Crippen MR) is 107 cm³/mol. The van der Waals surface area contributed by atoms with Gasteiger partial charge in [-0.05, 0) is 38.0 Å². The van der Waals surface area contributed by atoms with Gasteiger partial charge in [-0.25, -0.2) is 9.38 Å². The lowest BCUT2D eigenvalue weighted by atomic mass is 10.1. The van der Waals surface area contributed by atoms with Crippen LogP contribution in [-0.2, 0) is 11.3 Å². The molecule has 0 bridgehead atoms. The Kier molecular flexibility index (Phi) is 8.20. The van der Waals surface area contributed by atoms with E-state index in [0.29, 0.717) is 30.2 Å². The Morgan fingerprint density at radius 1 is 1.39 bits per heavy atom. The minimum Gasteiger partial charge on any atom is -0.357 e. The number of hydrogen-bond acceptors (Lipinski definition) is 4. The highest BCUT2D eigenvalue weighted by molar-refractivity contribution is 5.80. The molecular weight excluding hydrogens is 359 g/mol. The van der Waals surface area contributed by atoms with Gasteiger partial charge >= 0.3 is 0 Å². The standard InChI is InChI=1S/C20H29FN6O/c1-4-23-20(24-13-16-11-15(12-22)5-6-18(16)21)25-17-7-9-27(10-8-17)14-19(28)26(2)3/h5-6,11,17H,4,7-10,13-14H2,1-3H3,(H2,23,24,25). The van der Waals surface area contributed by atoms with E-state index in [0.717, 1.165) is 25.9 Å². The second-order valence-corrected chi connectivity index (χ2v) is 7.10. The number of benzene rings is 1. The SMILES string of the molecule is CCNC(=NCc1cc(C#N)ccc1F)NC1CCN(CC(=O)N(C)C)CC1. The molecule has 0 atom stereocenters. The summed E-state index contributed by atoms with van der Waals surface area (Å²) in [4.78, 5) is 20.1. The van der Waals surface area contributed by atoms with Crippen molar-refractivity contribution >= 4 is 11.9 Å². The lowest BCUT2D eigenvalue weighted by Gasteiger charge is -2.33. The summed E-state index contributed by atoms with van der Waals surface area (Å²) < 4.78 is 13.9. The number of carbonyl (C=O) groups is 1. The Labute approximate surface area is 166 Å². The number of hydrogen-bond donors (Lipinski definition) is 2. The van der Waals surface area contributed by atoms with Gasteiger partial charge in [-0.3, -0.25) is 9.69 Å². The van der Waals surface area contributed by atoms with E-state index in [9.17, 15) is 9.18 Å². The summed E-state index contributed by atoms with van der Waals surface area (Å²) in [5.41, 5.74) is 0.817.